The molecule has 180 valence electrons. The van der Waals surface area contributed by atoms with Gasteiger partial charge < -0.3 is 15.1 Å². The first kappa shape index (κ1) is 23.2. The number of rotatable bonds is 6. The van der Waals surface area contributed by atoms with Gasteiger partial charge in [0, 0.05) is 44.0 Å². The zero-order valence-electron chi connectivity index (χ0n) is 19.3. The summed E-state index contributed by atoms with van der Waals surface area (Å²) < 4.78 is 0. The molecule has 0 saturated carbocycles. The average Bonchev–Trinajstić information content (AvgIpc) is 2.88. The number of nitrogens with one attached hydrogen (secondary N) is 1. The highest BCUT2D eigenvalue weighted by atomic mass is 35.5. The summed E-state index contributed by atoms with van der Waals surface area (Å²) in [5.74, 6) is -0.348. The second-order valence-electron chi connectivity index (χ2n) is 9.07. The third kappa shape index (κ3) is 4.82. The molecular weight excluding hydrogens is 464 g/mol. The number of para-hydroxylation sites is 1. The minimum absolute atomic E-state index is 0.0194. The number of nitro groups is 1. The van der Waals surface area contributed by atoms with Crippen LogP contribution < -0.4 is 15.1 Å². The lowest BCUT2D eigenvalue weighted by atomic mass is 9.83. The maximum atomic E-state index is 13.5. The summed E-state index contributed by atoms with van der Waals surface area (Å²) in [6, 6.07) is 22.8. The van der Waals surface area contributed by atoms with E-state index in [2.05, 4.69) is 15.1 Å². The Hall–Kier alpha value is -3.58. The second-order valence-corrected chi connectivity index (χ2v) is 9.47. The molecular formula is C27H27ClN4O3. The highest BCUT2D eigenvalue weighted by Gasteiger charge is 2.42. The molecule has 35 heavy (non-hydrogen) atoms. The molecule has 2 heterocycles. The first-order valence-corrected chi connectivity index (χ1v) is 12.2. The molecule has 3 aromatic carbocycles. The Bertz CT molecular complexity index is 1240. The van der Waals surface area contributed by atoms with Crippen LogP contribution in [0.15, 0.2) is 72.8 Å². The number of hydrogen-bond acceptors (Lipinski definition) is 5. The predicted octanol–water partition coefficient (Wildman–Crippen LogP) is 4.47. The van der Waals surface area contributed by atoms with Crippen molar-refractivity contribution in [1.82, 2.24) is 5.32 Å². The fourth-order valence-corrected chi connectivity index (χ4v) is 5.51. The monoisotopic (exact) mass is 490 g/mol. The fourth-order valence-electron chi connectivity index (χ4n) is 5.26. The Morgan fingerprint density at radius 3 is 2.57 bits per heavy atom. The van der Waals surface area contributed by atoms with Crippen molar-refractivity contribution >= 4 is 34.6 Å². The number of anilines is 2. The lowest BCUT2D eigenvalue weighted by Gasteiger charge is -2.49. The second kappa shape index (κ2) is 9.96. The van der Waals surface area contributed by atoms with Gasteiger partial charge in [-0.05, 0) is 42.2 Å². The molecule has 1 fully saturated rings. The van der Waals surface area contributed by atoms with Crippen LogP contribution in [0, 0.1) is 16.0 Å². The predicted molar refractivity (Wildman–Crippen MR) is 138 cm³/mol. The van der Waals surface area contributed by atoms with Gasteiger partial charge in [0.1, 0.15) is 0 Å². The number of nitro benzene ring substituents is 1. The van der Waals surface area contributed by atoms with Crippen molar-refractivity contribution in [3.8, 4) is 0 Å². The Kier molecular flexibility index (Phi) is 6.59. The van der Waals surface area contributed by atoms with Gasteiger partial charge in [0.2, 0.25) is 5.91 Å². The molecule has 8 heteroatoms. The maximum Gasteiger partial charge on any atom is 0.269 e. The average molecular weight is 491 g/mol. The van der Waals surface area contributed by atoms with Crippen LogP contribution in [0.1, 0.15) is 11.1 Å². The molecule has 2 atom stereocenters. The molecule has 7 nitrogen and oxygen atoms in total. The number of amides is 1. The number of nitrogens with zero attached hydrogens (tertiary/aromatic N) is 3. The molecule has 5 rings (SSSR count). The standard InChI is InChI=1S/C27H27ClN4O3/c28-23-8-4-5-9-25(23)30-14-15-31-24-11-10-21(32(34)35)16-20(24)17-22(26(31)18-30)27(33)29-13-12-19-6-2-1-3-7-19/h1-11,16,22,26H,12-15,17-18H2,(H,29,33). The van der Waals surface area contributed by atoms with E-state index in [1.54, 1.807) is 12.1 Å². The molecule has 0 aromatic heterocycles. The summed E-state index contributed by atoms with van der Waals surface area (Å²) in [6.45, 7) is 2.65. The van der Waals surface area contributed by atoms with Crippen molar-refractivity contribution < 1.29 is 9.72 Å². The Morgan fingerprint density at radius 2 is 1.80 bits per heavy atom. The Morgan fingerprint density at radius 1 is 1.03 bits per heavy atom. The minimum Gasteiger partial charge on any atom is -0.366 e. The molecule has 0 spiro atoms. The largest absolute Gasteiger partial charge is 0.366 e. The number of non-ortho nitro benzene ring substituents is 1. The summed E-state index contributed by atoms with van der Waals surface area (Å²) in [5.41, 5.74) is 4.02. The first-order valence-electron chi connectivity index (χ1n) is 11.9. The van der Waals surface area contributed by atoms with Crippen LogP contribution in [0.3, 0.4) is 0 Å². The number of halogens is 1. The van der Waals surface area contributed by atoms with Crippen LogP contribution >= 0.6 is 11.6 Å². The lowest BCUT2D eigenvalue weighted by molar-refractivity contribution is -0.384. The van der Waals surface area contributed by atoms with E-state index in [-0.39, 0.29) is 28.5 Å². The van der Waals surface area contributed by atoms with Gasteiger partial charge in [-0.15, -0.1) is 0 Å². The number of carbonyl (C=O) groups is 1. The van der Waals surface area contributed by atoms with Gasteiger partial charge in [0.25, 0.3) is 5.69 Å². The molecule has 0 aliphatic carbocycles. The van der Waals surface area contributed by atoms with Gasteiger partial charge >= 0.3 is 0 Å². The number of fused-ring (bicyclic) bond motifs is 3. The quantitative estimate of drug-likeness (QED) is 0.407. The van der Waals surface area contributed by atoms with E-state index in [0.29, 0.717) is 31.1 Å². The molecule has 1 N–H and O–H groups in total. The minimum atomic E-state index is -0.378. The maximum absolute atomic E-state index is 13.5. The van der Waals surface area contributed by atoms with E-state index in [9.17, 15) is 14.9 Å². The van der Waals surface area contributed by atoms with Crippen LogP contribution in [0.25, 0.3) is 0 Å². The number of carbonyl (C=O) groups excluding carboxylic acids is 1. The summed E-state index contributed by atoms with van der Waals surface area (Å²) in [7, 11) is 0. The summed E-state index contributed by atoms with van der Waals surface area (Å²) in [6.07, 6.45) is 1.22. The van der Waals surface area contributed by atoms with Crippen LogP contribution in [0.4, 0.5) is 17.1 Å². The zero-order chi connectivity index (χ0) is 24.4. The smallest absolute Gasteiger partial charge is 0.269 e. The van der Waals surface area contributed by atoms with E-state index in [0.717, 1.165) is 29.9 Å². The molecule has 0 radical (unpaired) electrons. The van der Waals surface area contributed by atoms with Crippen molar-refractivity contribution in [2.75, 3.05) is 36.0 Å². The molecule has 2 aliphatic heterocycles. The topological polar surface area (TPSA) is 78.7 Å². The SMILES string of the molecule is O=C(NCCc1ccccc1)C1Cc2cc([N+](=O)[O-])ccc2N2CCN(c3ccccc3Cl)CC12. The van der Waals surface area contributed by atoms with Crippen molar-refractivity contribution in [2.45, 2.75) is 18.9 Å². The van der Waals surface area contributed by atoms with E-state index in [1.165, 1.54) is 5.56 Å². The van der Waals surface area contributed by atoms with Gasteiger partial charge in [0.15, 0.2) is 0 Å². The first-order chi connectivity index (χ1) is 17.0. The van der Waals surface area contributed by atoms with Crippen LogP contribution in [-0.2, 0) is 17.6 Å². The van der Waals surface area contributed by atoms with Crippen LogP contribution in [0.2, 0.25) is 5.02 Å². The summed E-state index contributed by atoms with van der Waals surface area (Å²) >= 11 is 6.49. The van der Waals surface area contributed by atoms with E-state index in [4.69, 9.17) is 11.6 Å². The number of hydrogen-bond donors (Lipinski definition) is 1. The highest BCUT2D eigenvalue weighted by molar-refractivity contribution is 6.33. The number of piperazine rings is 1. The molecule has 3 aromatic rings. The highest BCUT2D eigenvalue weighted by Crippen LogP contribution is 2.39. The van der Waals surface area contributed by atoms with Crippen LogP contribution in [-0.4, -0.2) is 43.1 Å². The molecule has 2 aliphatic rings. The van der Waals surface area contributed by atoms with Crippen molar-refractivity contribution in [3.05, 3.63) is 99.1 Å². The fraction of sp³-hybridized carbons (Fsp3) is 0.296. The molecule has 2 unspecified atom stereocenters. The lowest BCUT2D eigenvalue weighted by Crippen LogP contribution is -2.61. The molecule has 1 amide bonds. The zero-order valence-corrected chi connectivity index (χ0v) is 20.0. The van der Waals surface area contributed by atoms with Gasteiger partial charge in [-0.25, -0.2) is 0 Å². The molecule has 0 bridgehead atoms. The summed E-state index contributed by atoms with van der Waals surface area (Å²) in [4.78, 5) is 29.0. The molecule has 1 saturated heterocycles. The van der Waals surface area contributed by atoms with Gasteiger partial charge in [-0.1, -0.05) is 54.1 Å². The van der Waals surface area contributed by atoms with Gasteiger partial charge in [0.05, 0.1) is 27.6 Å². The normalized spacial score (nSPS) is 19.0. The van der Waals surface area contributed by atoms with Crippen molar-refractivity contribution in [2.24, 2.45) is 5.92 Å². The Labute approximate surface area is 209 Å². The van der Waals surface area contributed by atoms with Crippen LogP contribution in [0.5, 0.6) is 0 Å². The number of benzene rings is 3. The van der Waals surface area contributed by atoms with E-state index >= 15 is 0 Å². The Balaban J connectivity index is 1.40. The van der Waals surface area contributed by atoms with E-state index in [1.807, 2.05) is 60.7 Å². The summed E-state index contributed by atoms with van der Waals surface area (Å²) in [5, 5.41) is 15.2. The van der Waals surface area contributed by atoms with Crippen molar-refractivity contribution in [1.29, 1.82) is 0 Å². The van der Waals surface area contributed by atoms with Crippen molar-refractivity contribution in [3.63, 3.8) is 0 Å². The third-order valence-corrected chi connectivity index (χ3v) is 7.31. The third-order valence-electron chi connectivity index (χ3n) is 6.99. The van der Waals surface area contributed by atoms with Gasteiger partial charge in [-0.3, -0.25) is 14.9 Å². The van der Waals surface area contributed by atoms with E-state index < -0.39 is 0 Å². The van der Waals surface area contributed by atoms with Gasteiger partial charge in [-0.2, -0.15) is 0 Å².